The minimum Gasteiger partial charge on any atom is -0.477 e. The van der Waals surface area contributed by atoms with Crippen molar-refractivity contribution in [3.63, 3.8) is 0 Å². The fourth-order valence-electron chi connectivity index (χ4n) is 1.93. The first-order valence-corrected chi connectivity index (χ1v) is 6.54. The second-order valence-electron chi connectivity index (χ2n) is 4.72. The van der Waals surface area contributed by atoms with Gasteiger partial charge in [-0.05, 0) is 18.1 Å². The second-order valence-corrected chi connectivity index (χ2v) is 4.72. The Kier molecular flexibility index (Phi) is 4.70. The molecule has 2 rings (SSSR count). The summed E-state index contributed by atoms with van der Waals surface area (Å²) >= 11 is 0. The molecule has 1 fully saturated rings. The zero-order chi connectivity index (χ0) is 15.2. The number of amides is 3. The number of hydrogen-bond donors (Lipinski definition) is 4. The zero-order valence-electron chi connectivity index (χ0n) is 11.3. The lowest BCUT2D eigenvalue weighted by molar-refractivity contribution is -0.122. The summed E-state index contributed by atoms with van der Waals surface area (Å²) in [6.07, 6.45) is 2.43. The van der Waals surface area contributed by atoms with Crippen molar-refractivity contribution in [2.75, 3.05) is 6.54 Å². The number of pyridine rings is 1. The lowest BCUT2D eigenvalue weighted by Crippen LogP contribution is -2.50. The zero-order valence-corrected chi connectivity index (χ0v) is 11.3. The third kappa shape index (κ3) is 4.44. The number of carbonyl (C=O) groups is 3. The van der Waals surface area contributed by atoms with Crippen LogP contribution < -0.4 is 16.0 Å². The first-order chi connectivity index (χ1) is 10.0. The van der Waals surface area contributed by atoms with E-state index in [9.17, 15) is 14.4 Å². The van der Waals surface area contributed by atoms with Gasteiger partial charge >= 0.3 is 12.0 Å². The van der Waals surface area contributed by atoms with Crippen molar-refractivity contribution in [2.24, 2.45) is 0 Å². The van der Waals surface area contributed by atoms with Gasteiger partial charge in [-0.15, -0.1) is 0 Å². The van der Waals surface area contributed by atoms with E-state index in [4.69, 9.17) is 5.11 Å². The molecule has 4 N–H and O–H groups in total. The second kappa shape index (κ2) is 6.69. The summed E-state index contributed by atoms with van der Waals surface area (Å²) in [5.41, 5.74) is 0.660. The van der Waals surface area contributed by atoms with E-state index in [1.165, 1.54) is 12.3 Å². The average molecular weight is 292 g/mol. The van der Waals surface area contributed by atoms with E-state index in [1.54, 1.807) is 6.07 Å². The summed E-state index contributed by atoms with van der Waals surface area (Å²) in [6.45, 7) is 0.679. The third-order valence-corrected chi connectivity index (χ3v) is 3.10. The SMILES string of the molecule is O=C1CCC(NC(=O)NCc2ccc(C(=O)O)nc2)CN1. The summed E-state index contributed by atoms with van der Waals surface area (Å²) in [7, 11) is 0. The fraction of sp³-hybridized carbons (Fsp3) is 0.385. The minimum atomic E-state index is -1.09. The highest BCUT2D eigenvalue weighted by Gasteiger charge is 2.19. The van der Waals surface area contributed by atoms with Crippen LogP contribution >= 0.6 is 0 Å². The minimum absolute atomic E-state index is 0.00180. The molecule has 0 bridgehead atoms. The van der Waals surface area contributed by atoms with Crippen molar-refractivity contribution in [3.8, 4) is 0 Å². The van der Waals surface area contributed by atoms with E-state index in [0.717, 1.165) is 0 Å². The molecule has 1 aromatic rings. The summed E-state index contributed by atoms with van der Waals surface area (Å²) in [4.78, 5) is 37.1. The van der Waals surface area contributed by atoms with Crippen LogP contribution in [0.4, 0.5) is 4.79 Å². The Morgan fingerprint density at radius 2 is 2.24 bits per heavy atom. The molecule has 2 heterocycles. The predicted octanol–water partition coefficient (Wildman–Crippen LogP) is -0.142. The smallest absolute Gasteiger partial charge is 0.354 e. The van der Waals surface area contributed by atoms with Gasteiger partial charge in [-0.2, -0.15) is 0 Å². The van der Waals surface area contributed by atoms with Crippen molar-refractivity contribution in [3.05, 3.63) is 29.6 Å². The molecule has 0 saturated carbocycles. The number of urea groups is 1. The molecule has 21 heavy (non-hydrogen) atoms. The molecule has 1 aliphatic rings. The van der Waals surface area contributed by atoms with E-state index in [1.807, 2.05) is 0 Å². The van der Waals surface area contributed by atoms with E-state index in [-0.39, 0.29) is 30.2 Å². The van der Waals surface area contributed by atoms with Gasteiger partial charge in [0.2, 0.25) is 5.91 Å². The van der Waals surface area contributed by atoms with Gasteiger partial charge < -0.3 is 21.1 Å². The number of aromatic carboxylic acids is 1. The predicted molar refractivity (Wildman–Crippen MR) is 72.6 cm³/mol. The summed E-state index contributed by atoms with van der Waals surface area (Å²) in [5.74, 6) is -1.09. The summed E-state index contributed by atoms with van der Waals surface area (Å²) in [5, 5.41) is 16.8. The van der Waals surface area contributed by atoms with Gasteiger partial charge in [0.15, 0.2) is 0 Å². The van der Waals surface area contributed by atoms with Gasteiger partial charge in [0.05, 0.1) is 0 Å². The first kappa shape index (κ1) is 14.8. The Labute approximate surface area is 120 Å². The molecule has 1 aromatic heterocycles. The van der Waals surface area contributed by atoms with Gasteiger partial charge in [0.25, 0.3) is 0 Å². The molecule has 1 unspecified atom stereocenters. The highest BCUT2D eigenvalue weighted by molar-refractivity contribution is 5.85. The molecule has 112 valence electrons. The van der Waals surface area contributed by atoms with Crippen LogP contribution in [0.5, 0.6) is 0 Å². The van der Waals surface area contributed by atoms with Crippen LogP contribution in [0.15, 0.2) is 18.3 Å². The monoisotopic (exact) mass is 292 g/mol. The summed E-state index contributed by atoms with van der Waals surface area (Å²) in [6, 6.07) is 2.57. The van der Waals surface area contributed by atoms with Gasteiger partial charge in [-0.1, -0.05) is 6.07 Å². The van der Waals surface area contributed by atoms with Crippen LogP contribution in [0.2, 0.25) is 0 Å². The molecular weight excluding hydrogens is 276 g/mol. The molecule has 0 radical (unpaired) electrons. The Bertz CT molecular complexity index is 534. The number of nitrogens with zero attached hydrogens (tertiary/aromatic N) is 1. The van der Waals surface area contributed by atoms with Crippen LogP contribution in [0.1, 0.15) is 28.9 Å². The Balaban J connectivity index is 1.75. The maximum Gasteiger partial charge on any atom is 0.354 e. The Morgan fingerprint density at radius 3 is 2.81 bits per heavy atom. The lowest BCUT2D eigenvalue weighted by Gasteiger charge is -2.23. The molecule has 1 saturated heterocycles. The van der Waals surface area contributed by atoms with Crippen LogP contribution in [0.3, 0.4) is 0 Å². The third-order valence-electron chi connectivity index (χ3n) is 3.10. The van der Waals surface area contributed by atoms with Crippen molar-refractivity contribution in [2.45, 2.75) is 25.4 Å². The van der Waals surface area contributed by atoms with Gasteiger partial charge in [-0.3, -0.25) is 4.79 Å². The molecule has 1 atom stereocenters. The highest BCUT2D eigenvalue weighted by atomic mass is 16.4. The molecule has 3 amide bonds. The van der Waals surface area contributed by atoms with Crippen LogP contribution in [-0.2, 0) is 11.3 Å². The Hall–Kier alpha value is -2.64. The molecule has 8 nitrogen and oxygen atoms in total. The quantitative estimate of drug-likeness (QED) is 0.615. The standard InChI is InChI=1S/C13H16N4O4/c18-11-4-2-9(7-15-11)17-13(21)16-6-8-1-3-10(12(19)20)14-5-8/h1,3,5,9H,2,4,6-7H2,(H,15,18)(H,19,20)(H2,16,17,21). The largest absolute Gasteiger partial charge is 0.477 e. The van der Waals surface area contributed by atoms with Gasteiger partial charge in [-0.25, -0.2) is 14.6 Å². The average Bonchev–Trinajstić information content (AvgIpc) is 2.48. The van der Waals surface area contributed by atoms with Crippen molar-refractivity contribution in [1.29, 1.82) is 0 Å². The maximum atomic E-state index is 11.7. The number of rotatable bonds is 4. The first-order valence-electron chi connectivity index (χ1n) is 6.54. The van der Waals surface area contributed by atoms with Gasteiger partial charge in [0, 0.05) is 31.7 Å². The molecule has 0 aromatic carbocycles. The number of piperidine rings is 1. The van der Waals surface area contributed by atoms with Crippen molar-refractivity contribution in [1.82, 2.24) is 20.9 Å². The van der Waals surface area contributed by atoms with E-state index in [0.29, 0.717) is 24.9 Å². The highest BCUT2D eigenvalue weighted by Crippen LogP contribution is 2.03. The molecule has 0 spiro atoms. The number of hydrogen-bond acceptors (Lipinski definition) is 4. The molecular formula is C13H16N4O4. The molecule has 1 aliphatic heterocycles. The number of aromatic nitrogens is 1. The van der Waals surface area contributed by atoms with Crippen LogP contribution in [0.25, 0.3) is 0 Å². The van der Waals surface area contributed by atoms with Gasteiger partial charge in [0.1, 0.15) is 5.69 Å². The number of carbonyl (C=O) groups excluding carboxylic acids is 2. The Morgan fingerprint density at radius 1 is 1.43 bits per heavy atom. The van der Waals surface area contributed by atoms with E-state index < -0.39 is 5.97 Å². The van der Waals surface area contributed by atoms with Crippen molar-refractivity contribution >= 4 is 17.9 Å². The number of carboxylic acids is 1. The molecule has 0 aliphatic carbocycles. The lowest BCUT2D eigenvalue weighted by atomic mass is 10.1. The van der Waals surface area contributed by atoms with Crippen LogP contribution in [0, 0.1) is 0 Å². The van der Waals surface area contributed by atoms with E-state index in [2.05, 4.69) is 20.9 Å². The van der Waals surface area contributed by atoms with Crippen molar-refractivity contribution < 1.29 is 19.5 Å². The van der Waals surface area contributed by atoms with E-state index >= 15 is 0 Å². The summed E-state index contributed by atoms with van der Waals surface area (Å²) < 4.78 is 0. The number of carboxylic acid groups (broad SMARTS) is 1. The normalized spacial score (nSPS) is 17.7. The fourth-order valence-corrected chi connectivity index (χ4v) is 1.93. The molecule has 8 heteroatoms. The topological polar surface area (TPSA) is 120 Å². The van der Waals surface area contributed by atoms with Crippen LogP contribution in [-0.4, -0.2) is 40.6 Å². The maximum absolute atomic E-state index is 11.7. The number of nitrogens with one attached hydrogen (secondary N) is 3.